The predicted molar refractivity (Wildman–Crippen MR) is 132 cm³/mol. The number of carbonyl (C=O) groups is 3. The molecule has 2 aromatic rings. The standard InChI is InChI=1S/C26H30ClN3O5/c1-34-22-8-7-18(15-23(22)35-2)9-10-30-17-19(16-24(30)31)25(32)28-11-13-29(14-12-28)26(33)20-5-3-4-6-21(20)27/h3-8,15,19H,9-14,16-17H2,1-2H3/t19-/m0/s1. The summed E-state index contributed by atoms with van der Waals surface area (Å²) in [7, 11) is 3.18. The molecule has 0 aliphatic carbocycles. The van der Waals surface area contributed by atoms with Crippen LogP contribution in [-0.4, -0.2) is 85.9 Å². The lowest BCUT2D eigenvalue weighted by Crippen LogP contribution is -2.52. The Balaban J connectivity index is 1.28. The van der Waals surface area contributed by atoms with Crippen LogP contribution in [0.15, 0.2) is 42.5 Å². The highest BCUT2D eigenvalue weighted by atomic mass is 35.5. The summed E-state index contributed by atoms with van der Waals surface area (Å²) < 4.78 is 10.6. The smallest absolute Gasteiger partial charge is 0.255 e. The molecule has 0 bridgehead atoms. The molecule has 0 aromatic heterocycles. The summed E-state index contributed by atoms with van der Waals surface area (Å²) in [6, 6.07) is 12.7. The first-order valence-electron chi connectivity index (χ1n) is 11.7. The molecule has 35 heavy (non-hydrogen) atoms. The first-order valence-corrected chi connectivity index (χ1v) is 12.1. The molecule has 0 N–H and O–H groups in total. The Bertz CT molecular complexity index is 1100. The monoisotopic (exact) mass is 499 g/mol. The molecule has 4 rings (SSSR count). The van der Waals surface area contributed by atoms with Crippen molar-refractivity contribution in [2.45, 2.75) is 12.8 Å². The van der Waals surface area contributed by atoms with Crippen LogP contribution in [0.3, 0.4) is 0 Å². The summed E-state index contributed by atoms with van der Waals surface area (Å²) in [5, 5.41) is 0.425. The summed E-state index contributed by atoms with van der Waals surface area (Å²) >= 11 is 6.16. The summed E-state index contributed by atoms with van der Waals surface area (Å²) in [5.41, 5.74) is 1.50. The Morgan fingerprint density at radius 3 is 2.34 bits per heavy atom. The Kier molecular flexibility index (Phi) is 7.80. The lowest BCUT2D eigenvalue weighted by Gasteiger charge is -2.36. The van der Waals surface area contributed by atoms with E-state index in [1.807, 2.05) is 18.2 Å². The highest BCUT2D eigenvalue weighted by Gasteiger charge is 2.37. The Hall–Kier alpha value is -3.26. The molecule has 0 unspecified atom stereocenters. The third-order valence-electron chi connectivity index (χ3n) is 6.66. The van der Waals surface area contributed by atoms with Crippen molar-refractivity contribution in [1.29, 1.82) is 0 Å². The van der Waals surface area contributed by atoms with E-state index in [1.165, 1.54) is 0 Å². The van der Waals surface area contributed by atoms with Gasteiger partial charge in [-0.25, -0.2) is 0 Å². The maximum atomic E-state index is 13.1. The van der Waals surface area contributed by atoms with Gasteiger partial charge in [0.2, 0.25) is 11.8 Å². The fourth-order valence-corrected chi connectivity index (χ4v) is 4.86. The molecule has 8 nitrogen and oxygen atoms in total. The zero-order valence-corrected chi connectivity index (χ0v) is 20.8. The lowest BCUT2D eigenvalue weighted by molar-refractivity contribution is -0.137. The largest absolute Gasteiger partial charge is 0.493 e. The quantitative estimate of drug-likeness (QED) is 0.585. The average molecular weight is 500 g/mol. The molecular formula is C26H30ClN3O5. The maximum Gasteiger partial charge on any atom is 0.255 e. The second kappa shape index (κ2) is 11.0. The van der Waals surface area contributed by atoms with Crippen molar-refractivity contribution in [3.63, 3.8) is 0 Å². The van der Waals surface area contributed by atoms with Gasteiger partial charge in [-0.15, -0.1) is 0 Å². The van der Waals surface area contributed by atoms with Gasteiger partial charge in [0.15, 0.2) is 11.5 Å². The molecule has 2 aliphatic heterocycles. The highest BCUT2D eigenvalue weighted by Crippen LogP contribution is 2.28. The number of methoxy groups -OCH3 is 2. The van der Waals surface area contributed by atoms with E-state index < -0.39 is 0 Å². The zero-order valence-electron chi connectivity index (χ0n) is 20.0. The van der Waals surface area contributed by atoms with Gasteiger partial charge >= 0.3 is 0 Å². The van der Waals surface area contributed by atoms with Crippen molar-refractivity contribution in [3.05, 3.63) is 58.6 Å². The van der Waals surface area contributed by atoms with Crippen LogP contribution < -0.4 is 9.47 Å². The first-order chi connectivity index (χ1) is 16.9. The number of carbonyl (C=O) groups excluding carboxylic acids is 3. The lowest BCUT2D eigenvalue weighted by atomic mass is 10.1. The molecular weight excluding hydrogens is 470 g/mol. The summed E-state index contributed by atoms with van der Waals surface area (Å²) in [5.74, 6) is 0.817. The van der Waals surface area contributed by atoms with E-state index in [0.29, 0.717) is 67.8 Å². The third kappa shape index (κ3) is 5.53. The number of benzene rings is 2. The number of hydrogen-bond donors (Lipinski definition) is 0. The summed E-state index contributed by atoms with van der Waals surface area (Å²) in [6.07, 6.45) is 0.888. The number of rotatable bonds is 7. The molecule has 0 radical (unpaired) electrons. The minimum Gasteiger partial charge on any atom is -0.493 e. The van der Waals surface area contributed by atoms with Crippen LogP contribution in [0.25, 0.3) is 0 Å². The van der Waals surface area contributed by atoms with Crippen LogP contribution in [0.1, 0.15) is 22.3 Å². The Morgan fingerprint density at radius 2 is 1.66 bits per heavy atom. The fraction of sp³-hybridized carbons (Fsp3) is 0.423. The number of hydrogen-bond acceptors (Lipinski definition) is 5. The molecule has 9 heteroatoms. The van der Waals surface area contributed by atoms with E-state index in [0.717, 1.165) is 5.56 Å². The van der Waals surface area contributed by atoms with Crippen LogP contribution in [-0.2, 0) is 16.0 Å². The van der Waals surface area contributed by atoms with Crippen LogP contribution in [0.5, 0.6) is 11.5 Å². The van der Waals surface area contributed by atoms with Gasteiger partial charge in [0, 0.05) is 45.7 Å². The van der Waals surface area contributed by atoms with Crippen LogP contribution in [0.2, 0.25) is 5.02 Å². The van der Waals surface area contributed by atoms with E-state index in [1.54, 1.807) is 53.2 Å². The molecule has 0 spiro atoms. The van der Waals surface area contributed by atoms with Crippen molar-refractivity contribution >= 4 is 29.3 Å². The van der Waals surface area contributed by atoms with E-state index in [9.17, 15) is 14.4 Å². The van der Waals surface area contributed by atoms with Crippen LogP contribution in [0.4, 0.5) is 0 Å². The van der Waals surface area contributed by atoms with Crippen molar-refractivity contribution in [1.82, 2.24) is 14.7 Å². The van der Waals surface area contributed by atoms with Crippen molar-refractivity contribution in [2.24, 2.45) is 5.92 Å². The highest BCUT2D eigenvalue weighted by molar-refractivity contribution is 6.33. The van der Waals surface area contributed by atoms with Crippen LogP contribution >= 0.6 is 11.6 Å². The SMILES string of the molecule is COc1ccc(CCN2C[C@@H](C(=O)N3CCN(C(=O)c4ccccc4Cl)CC3)CC2=O)cc1OC. The van der Waals surface area contributed by atoms with Crippen molar-refractivity contribution < 1.29 is 23.9 Å². The number of amides is 3. The van der Waals surface area contributed by atoms with Gasteiger partial charge in [0.25, 0.3) is 5.91 Å². The van der Waals surface area contributed by atoms with E-state index >= 15 is 0 Å². The van der Waals surface area contributed by atoms with Gasteiger partial charge < -0.3 is 24.2 Å². The van der Waals surface area contributed by atoms with Gasteiger partial charge in [0.05, 0.1) is 30.7 Å². The molecule has 3 amide bonds. The normalized spacial score (nSPS) is 18.1. The molecule has 2 saturated heterocycles. The second-order valence-corrected chi connectivity index (χ2v) is 9.18. The van der Waals surface area contributed by atoms with E-state index in [2.05, 4.69) is 0 Å². The van der Waals surface area contributed by atoms with Gasteiger partial charge in [-0.1, -0.05) is 29.8 Å². The van der Waals surface area contributed by atoms with Gasteiger partial charge in [0.1, 0.15) is 0 Å². The molecule has 186 valence electrons. The fourth-order valence-electron chi connectivity index (χ4n) is 4.65. The molecule has 1 atom stereocenters. The number of ether oxygens (including phenoxy) is 2. The molecule has 0 saturated carbocycles. The number of halogens is 1. The Morgan fingerprint density at radius 1 is 0.971 bits per heavy atom. The topological polar surface area (TPSA) is 79.4 Å². The number of likely N-dealkylation sites (tertiary alicyclic amines) is 1. The zero-order chi connectivity index (χ0) is 24.9. The Labute approximate surface area is 210 Å². The van der Waals surface area contributed by atoms with Crippen molar-refractivity contribution in [2.75, 3.05) is 53.5 Å². The van der Waals surface area contributed by atoms with Crippen LogP contribution in [0, 0.1) is 5.92 Å². The molecule has 2 aliphatic rings. The molecule has 2 aromatic carbocycles. The second-order valence-electron chi connectivity index (χ2n) is 8.78. The van der Waals surface area contributed by atoms with Gasteiger partial charge in [-0.05, 0) is 36.2 Å². The average Bonchev–Trinajstić information content (AvgIpc) is 3.27. The minimum atomic E-state index is -0.348. The van der Waals surface area contributed by atoms with E-state index in [4.69, 9.17) is 21.1 Å². The van der Waals surface area contributed by atoms with Gasteiger partial charge in [-0.2, -0.15) is 0 Å². The molecule has 2 heterocycles. The minimum absolute atomic E-state index is 0.00337. The predicted octanol–water partition coefficient (Wildman–Crippen LogP) is 2.73. The van der Waals surface area contributed by atoms with E-state index in [-0.39, 0.29) is 30.1 Å². The maximum absolute atomic E-state index is 13.1. The van der Waals surface area contributed by atoms with Gasteiger partial charge in [-0.3, -0.25) is 14.4 Å². The number of piperazine rings is 1. The number of nitrogens with zero attached hydrogens (tertiary/aromatic N) is 3. The van der Waals surface area contributed by atoms with Crippen molar-refractivity contribution in [3.8, 4) is 11.5 Å². The summed E-state index contributed by atoms with van der Waals surface area (Å²) in [4.78, 5) is 43.7. The third-order valence-corrected chi connectivity index (χ3v) is 6.99. The molecule has 2 fully saturated rings. The summed E-state index contributed by atoms with van der Waals surface area (Å²) in [6.45, 7) is 2.75. The first kappa shape index (κ1) is 24.9.